The van der Waals surface area contributed by atoms with E-state index in [1.54, 1.807) is 0 Å². The molecule has 32 heavy (non-hydrogen) atoms. The maximum Gasteiger partial charge on any atom is 0.253 e. The van der Waals surface area contributed by atoms with E-state index in [0.29, 0.717) is 44.5 Å². The Hall–Kier alpha value is -2.85. The Balaban J connectivity index is 1.47. The van der Waals surface area contributed by atoms with Gasteiger partial charge in [0.1, 0.15) is 12.7 Å². The Bertz CT molecular complexity index is 995. The van der Waals surface area contributed by atoms with Gasteiger partial charge in [-0.05, 0) is 23.1 Å². The van der Waals surface area contributed by atoms with Crippen molar-refractivity contribution in [2.24, 2.45) is 5.92 Å². The predicted molar refractivity (Wildman–Crippen MR) is 125 cm³/mol. The van der Waals surface area contributed by atoms with Crippen LogP contribution in [0.25, 0.3) is 5.76 Å². The Kier molecular flexibility index (Phi) is 7.11. The molecule has 0 aromatic heterocycles. The van der Waals surface area contributed by atoms with Gasteiger partial charge < -0.3 is 14.4 Å². The largest absolute Gasteiger partial charge is 0.481 e. The lowest BCUT2D eigenvalue weighted by Gasteiger charge is -2.35. The van der Waals surface area contributed by atoms with Crippen LogP contribution in [0, 0.1) is 5.92 Å². The molecule has 1 unspecified atom stereocenters. The quantitative estimate of drug-likeness (QED) is 0.614. The molecule has 5 heteroatoms. The van der Waals surface area contributed by atoms with Crippen molar-refractivity contribution in [1.29, 1.82) is 0 Å². The molecule has 2 aliphatic rings. The first kappa shape index (κ1) is 22.3. The fraction of sp³-hybridized carbons (Fsp3) is 0.407. The molecule has 0 radical (unpaired) electrons. The summed E-state index contributed by atoms with van der Waals surface area (Å²) in [6.45, 7) is 12.6. The first-order valence-electron chi connectivity index (χ1n) is 11.3. The van der Waals surface area contributed by atoms with Crippen LogP contribution in [0.5, 0.6) is 0 Å². The van der Waals surface area contributed by atoms with Gasteiger partial charge in [0.2, 0.25) is 0 Å². The lowest BCUT2D eigenvalue weighted by molar-refractivity contribution is -0.151. The minimum atomic E-state index is -0.437. The molecule has 1 saturated heterocycles. The molecular formula is C27H32N2O3. The lowest BCUT2D eigenvalue weighted by Crippen LogP contribution is -2.51. The second kappa shape index (κ2) is 10.2. The molecule has 2 heterocycles. The van der Waals surface area contributed by atoms with Gasteiger partial charge in [0.25, 0.3) is 5.91 Å². The number of ether oxygens (including phenoxy) is 2. The van der Waals surface area contributed by atoms with Gasteiger partial charge in [0, 0.05) is 43.9 Å². The van der Waals surface area contributed by atoms with Crippen molar-refractivity contribution in [2.75, 3.05) is 26.2 Å². The molecule has 0 saturated carbocycles. The smallest absolute Gasteiger partial charge is 0.253 e. The van der Waals surface area contributed by atoms with Crippen LogP contribution in [0.2, 0.25) is 0 Å². The summed E-state index contributed by atoms with van der Waals surface area (Å²) in [5, 5.41) is 0. The topological polar surface area (TPSA) is 42.0 Å². The molecule has 2 aromatic carbocycles. The van der Waals surface area contributed by atoms with Crippen molar-refractivity contribution >= 4 is 11.7 Å². The van der Waals surface area contributed by atoms with Crippen molar-refractivity contribution in [3.05, 3.63) is 83.1 Å². The summed E-state index contributed by atoms with van der Waals surface area (Å²) in [6.07, 6.45) is -0.437. The predicted octanol–water partition coefficient (Wildman–Crippen LogP) is 4.23. The van der Waals surface area contributed by atoms with Crippen LogP contribution in [0.3, 0.4) is 0 Å². The highest BCUT2D eigenvalue weighted by Gasteiger charge is 2.31. The van der Waals surface area contributed by atoms with Crippen LogP contribution < -0.4 is 0 Å². The highest BCUT2D eigenvalue weighted by atomic mass is 16.5. The van der Waals surface area contributed by atoms with E-state index in [0.717, 1.165) is 29.8 Å². The molecular weight excluding hydrogens is 400 g/mol. The average molecular weight is 433 g/mol. The highest BCUT2D eigenvalue weighted by Crippen LogP contribution is 2.30. The number of carbonyl (C=O) groups is 1. The maximum atomic E-state index is 13.5. The molecule has 0 N–H and O–H groups in total. The maximum absolute atomic E-state index is 13.5. The Morgan fingerprint density at radius 1 is 1.22 bits per heavy atom. The van der Waals surface area contributed by atoms with Gasteiger partial charge in [-0.15, -0.1) is 0 Å². The van der Waals surface area contributed by atoms with Gasteiger partial charge in [-0.3, -0.25) is 9.69 Å². The van der Waals surface area contributed by atoms with Crippen molar-refractivity contribution in [3.8, 4) is 0 Å². The van der Waals surface area contributed by atoms with Gasteiger partial charge in [0.05, 0.1) is 6.61 Å². The second-order valence-electron chi connectivity index (χ2n) is 8.98. The van der Waals surface area contributed by atoms with Crippen molar-refractivity contribution in [2.45, 2.75) is 39.6 Å². The fourth-order valence-corrected chi connectivity index (χ4v) is 4.37. The number of rotatable bonds is 7. The van der Waals surface area contributed by atoms with E-state index in [-0.39, 0.29) is 5.91 Å². The monoisotopic (exact) mass is 432 g/mol. The number of hydrogen-bond acceptors (Lipinski definition) is 4. The lowest BCUT2D eigenvalue weighted by atomic mass is 10.0. The van der Waals surface area contributed by atoms with E-state index < -0.39 is 6.10 Å². The molecule has 1 amide bonds. The van der Waals surface area contributed by atoms with Crippen LogP contribution in [0.15, 0.2) is 60.8 Å². The molecule has 1 fully saturated rings. The summed E-state index contributed by atoms with van der Waals surface area (Å²) in [5.41, 5.74) is 7.36. The van der Waals surface area contributed by atoms with E-state index in [9.17, 15) is 4.79 Å². The van der Waals surface area contributed by atoms with Crippen LogP contribution in [0.4, 0.5) is 0 Å². The normalized spacial score (nSPS) is 18.2. The zero-order valence-corrected chi connectivity index (χ0v) is 19.0. The third-order valence-corrected chi connectivity index (χ3v) is 5.90. The third-order valence-electron chi connectivity index (χ3n) is 5.90. The number of fused-ring (bicyclic) bond motifs is 1. The molecule has 2 aliphatic heterocycles. The molecule has 168 valence electrons. The number of carbonyl (C=O) groups excluding carboxylic acids is 1. The van der Waals surface area contributed by atoms with Gasteiger partial charge >= 0.3 is 0 Å². The number of nitrogens with zero attached hydrogens (tertiary/aromatic N) is 2. The third kappa shape index (κ3) is 5.31. The molecule has 4 rings (SSSR count). The van der Waals surface area contributed by atoms with Crippen LogP contribution in [-0.4, -0.2) is 48.1 Å². The molecule has 0 aliphatic carbocycles. The van der Waals surface area contributed by atoms with E-state index in [4.69, 9.17) is 9.47 Å². The minimum Gasteiger partial charge on any atom is -0.481 e. The molecule has 5 nitrogen and oxygen atoms in total. The summed E-state index contributed by atoms with van der Waals surface area (Å²) in [6, 6.07) is 16.6. The summed E-state index contributed by atoms with van der Waals surface area (Å²) in [7, 11) is 0. The van der Waals surface area contributed by atoms with Gasteiger partial charge in [0.15, 0.2) is 5.76 Å². The van der Waals surface area contributed by atoms with Crippen molar-refractivity contribution in [3.63, 3.8) is 0 Å². The van der Waals surface area contributed by atoms with E-state index in [1.807, 2.05) is 11.0 Å². The van der Waals surface area contributed by atoms with Crippen LogP contribution >= 0.6 is 0 Å². The Morgan fingerprint density at radius 2 is 2.03 bits per heavy atom. The Labute approximate surface area is 190 Å². The summed E-state index contributed by atoms with van der Waals surface area (Å²) in [4.78, 5) is 17.8. The first-order chi connectivity index (χ1) is 15.5. The summed E-state index contributed by atoms with van der Waals surface area (Å²) in [5.74, 6) is 1.12. The molecule has 0 spiro atoms. The van der Waals surface area contributed by atoms with E-state index >= 15 is 0 Å². The Morgan fingerprint density at radius 3 is 2.78 bits per heavy atom. The average Bonchev–Trinajstić information content (AvgIpc) is 3.21. The number of morpholine rings is 1. The van der Waals surface area contributed by atoms with Gasteiger partial charge in [-0.25, -0.2) is 0 Å². The van der Waals surface area contributed by atoms with Crippen molar-refractivity contribution in [1.82, 2.24) is 9.80 Å². The molecule has 0 bridgehead atoms. The van der Waals surface area contributed by atoms with Gasteiger partial charge in [-0.2, -0.15) is 0 Å². The van der Waals surface area contributed by atoms with Crippen molar-refractivity contribution < 1.29 is 14.3 Å². The number of hydrogen-bond donors (Lipinski definition) is 0. The summed E-state index contributed by atoms with van der Waals surface area (Å²) < 4.78 is 11.6. The van der Waals surface area contributed by atoms with Crippen LogP contribution in [-0.2, 0) is 34.0 Å². The SMILES string of the molecule is C=C=C1OCc2ccc(CN(CC(C)C)C(=O)C3CN(Cc4ccccc4)CCO3)cc21. The number of amides is 1. The van der Waals surface area contributed by atoms with E-state index in [1.165, 1.54) is 5.56 Å². The molecule has 1 atom stereocenters. The second-order valence-corrected chi connectivity index (χ2v) is 8.98. The highest BCUT2D eigenvalue weighted by molar-refractivity contribution is 5.81. The zero-order chi connectivity index (χ0) is 22.5. The van der Waals surface area contributed by atoms with E-state index in [2.05, 4.69) is 73.5 Å². The minimum absolute atomic E-state index is 0.0627. The van der Waals surface area contributed by atoms with Crippen LogP contribution in [0.1, 0.15) is 36.1 Å². The first-order valence-corrected chi connectivity index (χ1v) is 11.3. The standard InChI is InChI=1S/C27H32N2O3/c1-4-25-24-14-22(10-11-23(24)19-32-25)17-29(15-20(2)3)27(30)26-18-28(12-13-31-26)16-21-8-6-5-7-9-21/h5-11,14,20,26H,1,12-13,15-19H2,2-3H3. The summed E-state index contributed by atoms with van der Waals surface area (Å²) >= 11 is 0. The molecule has 2 aromatic rings. The fourth-order valence-electron chi connectivity index (χ4n) is 4.37. The zero-order valence-electron chi connectivity index (χ0n) is 19.0. The number of benzene rings is 2. The van der Waals surface area contributed by atoms with Gasteiger partial charge in [-0.1, -0.05) is 68.6 Å².